The second-order valence-corrected chi connectivity index (χ2v) is 7.31. The molecule has 0 aliphatic rings. The van der Waals surface area contributed by atoms with E-state index in [4.69, 9.17) is 39.9 Å². The first-order valence-corrected chi connectivity index (χ1v) is 8.82. The van der Waals surface area contributed by atoms with Crippen LogP contribution in [0.4, 0.5) is 0 Å². The Morgan fingerprint density at radius 2 is 1.54 bits per heavy atom. The van der Waals surface area contributed by atoms with Crippen LogP contribution in [-0.4, -0.2) is 9.78 Å². The van der Waals surface area contributed by atoms with E-state index in [9.17, 15) is 0 Å². The van der Waals surface area contributed by atoms with Crippen LogP contribution in [-0.2, 0) is 0 Å². The Labute approximate surface area is 157 Å². The highest BCUT2D eigenvalue weighted by atomic mass is 35.5. The van der Waals surface area contributed by atoms with Crippen molar-refractivity contribution in [1.29, 1.82) is 0 Å². The first-order chi connectivity index (χ1) is 11.4. The molecule has 0 amide bonds. The third kappa shape index (κ3) is 3.19. The van der Waals surface area contributed by atoms with E-state index < -0.39 is 0 Å². The van der Waals surface area contributed by atoms with Gasteiger partial charge >= 0.3 is 0 Å². The lowest BCUT2D eigenvalue weighted by molar-refractivity contribution is 0.767. The standard InChI is InChI=1S/C19H17Cl3N2/c1-11(2)18-12(3)19(13-4-6-14(20)7-5-13)24(23-18)17-9-8-15(21)10-16(17)22/h4-11H,1-3H3. The van der Waals surface area contributed by atoms with Crippen LogP contribution in [0.3, 0.4) is 0 Å². The summed E-state index contributed by atoms with van der Waals surface area (Å²) in [6, 6.07) is 13.2. The molecule has 0 aliphatic carbocycles. The molecule has 0 bridgehead atoms. The van der Waals surface area contributed by atoms with Gasteiger partial charge in [-0.15, -0.1) is 0 Å². The number of hydrogen-bond donors (Lipinski definition) is 0. The van der Waals surface area contributed by atoms with Gasteiger partial charge in [0.1, 0.15) is 0 Å². The SMILES string of the molecule is Cc1c(C(C)C)nn(-c2ccc(Cl)cc2Cl)c1-c1ccc(Cl)cc1. The highest BCUT2D eigenvalue weighted by Gasteiger charge is 2.20. The molecule has 2 nitrogen and oxygen atoms in total. The zero-order valence-corrected chi connectivity index (χ0v) is 15.9. The molecule has 0 aliphatic heterocycles. The molecular formula is C19H17Cl3N2. The summed E-state index contributed by atoms with van der Waals surface area (Å²) in [4.78, 5) is 0. The van der Waals surface area contributed by atoms with Gasteiger partial charge in [0.15, 0.2) is 0 Å². The Balaban J connectivity index is 2.28. The summed E-state index contributed by atoms with van der Waals surface area (Å²) >= 11 is 18.5. The van der Waals surface area contributed by atoms with Gasteiger partial charge in [0.2, 0.25) is 0 Å². The molecule has 0 saturated heterocycles. The van der Waals surface area contributed by atoms with Crippen LogP contribution in [0.1, 0.15) is 31.0 Å². The zero-order valence-electron chi connectivity index (χ0n) is 13.6. The fourth-order valence-corrected chi connectivity index (χ4v) is 3.45. The topological polar surface area (TPSA) is 17.8 Å². The Morgan fingerprint density at radius 1 is 0.917 bits per heavy atom. The Hall–Kier alpha value is -1.48. The predicted molar refractivity (Wildman–Crippen MR) is 103 cm³/mol. The lowest BCUT2D eigenvalue weighted by Crippen LogP contribution is -2.01. The van der Waals surface area contributed by atoms with Crippen LogP contribution in [0, 0.1) is 6.92 Å². The van der Waals surface area contributed by atoms with Crippen molar-refractivity contribution in [2.75, 3.05) is 0 Å². The van der Waals surface area contributed by atoms with Crippen molar-refractivity contribution in [2.45, 2.75) is 26.7 Å². The number of aromatic nitrogens is 2. The van der Waals surface area contributed by atoms with Gasteiger partial charge < -0.3 is 0 Å². The molecule has 0 N–H and O–H groups in total. The number of halogens is 3. The summed E-state index contributed by atoms with van der Waals surface area (Å²) in [7, 11) is 0. The molecule has 3 aromatic rings. The molecule has 0 atom stereocenters. The van der Waals surface area contributed by atoms with Crippen LogP contribution < -0.4 is 0 Å². The van der Waals surface area contributed by atoms with Gasteiger partial charge in [-0.2, -0.15) is 5.10 Å². The monoisotopic (exact) mass is 378 g/mol. The minimum atomic E-state index is 0.309. The molecular weight excluding hydrogens is 363 g/mol. The predicted octanol–water partition coefficient (Wildman–Crippen LogP) is 6.93. The van der Waals surface area contributed by atoms with Crippen molar-refractivity contribution in [3.8, 4) is 16.9 Å². The molecule has 2 aromatic carbocycles. The summed E-state index contributed by atoms with van der Waals surface area (Å²) in [6.45, 7) is 6.36. The number of nitrogens with zero attached hydrogens (tertiary/aromatic N) is 2. The van der Waals surface area contributed by atoms with Crippen LogP contribution in [0.25, 0.3) is 16.9 Å². The smallest absolute Gasteiger partial charge is 0.0840 e. The second-order valence-electron chi connectivity index (χ2n) is 6.03. The second kappa shape index (κ2) is 6.79. The van der Waals surface area contributed by atoms with Gasteiger partial charge in [-0.3, -0.25) is 0 Å². The molecule has 0 spiro atoms. The van der Waals surface area contributed by atoms with Crippen LogP contribution >= 0.6 is 34.8 Å². The quantitative estimate of drug-likeness (QED) is 0.482. The van der Waals surface area contributed by atoms with Crippen molar-refractivity contribution in [3.63, 3.8) is 0 Å². The van der Waals surface area contributed by atoms with Gasteiger partial charge in [0.25, 0.3) is 0 Å². The molecule has 0 radical (unpaired) electrons. The summed E-state index contributed by atoms with van der Waals surface area (Å²) in [5.74, 6) is 0.309. The number of benzene rings is 2. The van der Waals surface area contributed by atoms with E-state index in [0.717, 1.165) is 28.2 Å². The van der Waals surface area contributed by atoms with E-state index in [1.807, 2.05) is 41.1 Å². The third-order valence-electron chi connectivity index (χ3n) is 3.96. The fourth-order valence-electron chi connectivity index (χ4n) is 2.84. The highest BCUT2D eigenvalue weighted by Crippen LogP contribution is 2.34. The first kappa shape index (κ1) is 17.3. The fraction of sp³-hybridized carbons (Fsp3) is 0.211. The average Bonchev–Trinajstić information content (AvgIpc) is 2.86. The average molecular weight is 380 g/mol. The minimum absolute atomic E-state index is 0.309. The molecule has 3 rings (SSSR count). The first-order valence-electron chi connectivity index (χ1n) is 7.69. The van der Waals surface area contributed by atoms with Gasteiger partial charge in [-0.1, -0.05) is 60.8 Å². The Morgan fingerprint density at radius 3 is 2.12 bits per heavy atom. The molecule has 0 unspecified atom stereocenters. The van der Waals surface area contributed by atoms with Crippen LogP contribution in [0.5, 0.6) is 0 Å². The van der Waals surface area contributed by atoms with E-state index in [-0.39, 0.29) is 0 Å². The zero-order chi connectivity index (χ0) is 17.4. The van der Waals surface area contributed by atoms with Crippen molar-refractivity contribution < 1.29 is 0 Å². The Bertz CT molecular complexity index is 880. The van der Waals surface area contributed by atoms with Gasteiger partial charge in [0, 0.05) is 15.6 Å². The molecule has 0 fully saturated rings. The summed E-state index contributed by atoms with van der Waals surface area (Å²) < 4.78 is 1.90. The van der Waals surface area contributed by atoms with E-state index >= 15 is 0 Å². The van der Waals surface area contributed by atoms with E-state index in [0.29, 0.717) is 21.0 Å². The van der Waals surface area contributed by atoms with Crippen LogP contribution in [0.15, 0.2) is 42.5 Å². The van der Waals surface area contributed by atoms with E-state index in [1.54, 1.807) is 6.07 Å². The summed E-state index contributed by atoms with van der Waals surface area (Å²) in [6.07, 6.45) is 0. The van der Waals surface area contributed by atoms with E-state index in [1.165, 1.54) is 0 Å². The maximum Gasteiger partial charge on any atom is 0.0840 e. The highest BCUT2D eigenvalue weighted by molar-refractivity contribution is 6.35. The number of hydrogen-bond acceptors (Lipinski definition) is 1. The van der Waals surface area contributed by atoms with Crippen molar-refractivity contribution >= 4 is 34.8 Å². The number of rotatable bonds is 3. The van der Waals surface area contributed by atoms with E-state index in [2.05, 4.69) is 20.8 Å². The van der Waals surface area contributed by atoms with Gasteiger partial charge in [-0.05, 0) is 48.7 Å². The van der Waals surface area contributed by atoms with Crippen molar-refractivity contribution in [1.82, 2.24) is 9.78 Å². The normalized spacial score (nSPS) is 11.3. The van der Waals surface area contributed by atoms with Crippen molar-refractivity contribution in [3.05, 3.63) is 68.8 Å². The molecule has 24 heavy (non-hydrogen) atoms. The van der Waals surface area contributed by atoms with Gasteiger partial charge in [0.05, 0.1) is 22.1 Å². The lowest BCUT2D eigenvalue weighted by atomic mass is 10.0. The Kier molecular flexibility index (Phi) is 4.91. The molecule has 1 aromatic heterocycles. The third-order valence-corrected chi connectivity index (χ3v) is 4.75. The van der Waals surface area contributed by atoms with Crippen molar-refractivity contribution in [2.24, 2.45) is 0 Å². The van der Waals surface area contributed by atoms with Crippen LogP contribution in [0.2, 0.25) is 15.1 Å². The molecule has 5 heteroatoms. The summed E-state index contributed by atoms with van der Waals surface area (Å²) in [5.41, 5.74) is 5.05. The lowest BCUT2D eigenvalue weighted by Gasteiger charge is -2.11. The molecule has 0 saturated carbocycles. The largest absolute Gasteiger partial charge is 0.231 e. The maximum atomic E-state index is 6.42. The maximum absolute atomic E-state index is 6.42. The summed E-state index contributed by atoms with van der Waals surface area (Å²) in [5, 5.41) is 6.70. The molecule has 1 heterocycles. The van der Waals surface area contributed by atoms with Gasteiger partial charge in [-0.25, -0.2) is 4.68 Å². The molecule has 124 valence electrons. The minimum Gasteiger partial charge on any atom is -0.231 e.